The molecule has 1 saturated heterocycles. The van der Waals surface area contributed by atoms with Crippen LogP contribution in [0, 0.1) is 11.7 Å². The van der Waals surface area contributed by atoms with E-state index in [0.717, 1.165) is 35.7 Å². The predicted molar refractivity (Wildman–Crippen MR) is 101 cm³/mol. The van der Waals surface area contributed by atoms with Gasteiger partial charge in [0, 0.05) is 31.3 Å². The Bertz CT molecular complexity index is 791. The summed E-state index contributed by atoms with van der Waals surface area (Å²) in [5, 5.41) is 11.6. The summed E-state index contributed by atoms with van der Waals surface area (Å²) in [7, 11) is 0. The Labute approximate surface area is 161 Å². The molecule has 0 aliphatic carbocycles. The van der Waals surface area contributed by atoms with Gasteiger partial charge in [-0.3, -0.25) is 9.59 Å². The molecular weight excluding hydrogens is 367 g/mol. The molecule has 0 saturated carbocycles. The van der Waals surface area contributed by atoms with Crippen molar-refractivity contribution in [3.63, 3.8) is 0 Å². The smallest absolute Gasteiger partial charge is 0.303 e. The number of carbonyl (C=O) groups excluding carboxylic acids is 1. The average Bonchev–Trinajstić information content (AvgIpc) is 3.09. The maximum Gasteiger partial charge on any atom is 0.303 e. The summed E-state index contributed by atoms with van der Waals surface area (Å²) in [5.74, 6) is -0.723. The van der Waals surface area contributed by atoms with Gasteiger partial charge >= 0.3 is 5.97 Å². The highest BCUT2D eigenvalue weighted by Crippen LogP contribution is 2.22. The van der Waals surface area contributed by atoms with Gasteiger partial charge in [0.05, 0.1) is 17.1 Å². The number of aliphatic carboxylic acids is 1. The van der Waals surface area contributed by atoms with Crippen molar-refractivity contribution >= 4 is 23.2 Å². The van der Waals surface area contributed by atoms with E-state index in [1.54, 1.807) is 12.1 Å². The van der Waals surface area contributed by atoms with Crippen molar-refractivity contribution < 1.29 is 19.1 Å². The number of carboxylic acids is 1. The Balaban J connectivity index is 1.52. The number of aromatic nitrogens is 1. The average molecular weight is 390 g/mol. The number of benzene rings is 1. The van der Waals surface area contributed by atoms with Crippen LogP contribution < -0.4 is 0 Å². The van der Waals surface area contributed by atoms with Crippen LogP contribution in [0.25, 0.3) is 0 Å². The van der Waals surface area contributed by atoms with Gasteiger partial charge in [0.15, 0.2) is 0 Å². The number of carboxylic acid groups (broad SMARTS) is 1. The van der Waals surface area contributed by atoms with Crippen LogP contribution in [0.4, 0.5) is 4.39 Å². The molecule has 1 atom stereocenters. The Kier molecular flexibility index (Phi) is 6.55. The predicted octanol–water partition coefficient (Wildman–Crippen LogP) is 3.52. The lowest BCUT2D eigenvalue weighted by Gasteiger charge is -2.32. The third kappa shape index (κ3) is 5.85. The second kappa shape index (κ2) is 9.08. The Morgan fingerprint density at radius 3 is 2.81 bits per heavy atom. The quantitative estimate of drug-likeness (QED) is 0.785. The Hall–Kier alpha value is -2.28. The van der Waals surface area contributed by atoms with E-state index in [2.05, 4.69) is 4.98 Å². The number of likely N-dealkylation sites (tertiary alicyclic amines) is 1. The fourth-order valence-corrected chi connectivity index (χ4v) is 4.24. The van der Waals surface area contributed by atoms with Crippen molar-refractivity contribution in [1.82, 2.24) is 9.88 Å². The highest BCUT2D eigenvalue weighted by molar-refractivity contribution is 7.09. The normalized spacial score (nSPS) is 17.1. The summed E-state index contributed by atoms with van der Waals surface area (Å²) in [6.45, 7) is 1.37. The molecule has 0 bridgehead atoms. The molecule has 2 aromatic rings. The van der Waals surface area contributed by atoms with Gasteiger partial charge < -0.3 is 10.0 Å². The van der Waals surface area contributed by atoms with Crippen LogP contribution in [-0.4, -0.2) is 40.0 Å². The molecule has 27 heavy (non-hydrogen) atoms. The molecule has 0 radical (unpaired) electrons. The zero-order valence-corrected chi connectivity index (χ0v) is 15.9. The zero-order valence-electron chi connectivity index (χ0n) is 15.1. The van der Waals surface area contributed by atoms with E-state index in [4.69, 9.17) is 5.11 Å². The van der Waals surface area contributed by atoms with Crippen molar-refractivity contribution in [2.45, 2.75) is 38.5 Å². The van der Waals surface area contributed by atoms with Gasteiger partial charge in [0.25, 0.3) is 0 Å². The van der Waals surface area contributed by atoms with E-state index in [1.807, 2.05) is 10.3 Å². The van der Waals surface area contributed by atoms with Crippen molar-refractivity contribution in [3.8, 4) is 0 Å². The fraction of sp³-hybridized carbons (Fsp3) is 0.450. The molecule has 144 valence electrons. The van der Waals surface area contributed by atoms with Crippen LogP contribution in [0.2, 0.25) is 0 Å². The lowest BCUT2D eigenvalue weighted by Crippen LogP contribution is -2.40. The summed E-state index contributed by atoms with van der Waals surface area (Å²) in [4.78, 5) is 29.7. The van der Waals surface area contributed by atoms with E-state index >= 15 is 0 Å². The molecule has 1 fully saturated rings. The highest BCUT2D eigenvalue weighted by Gasteiger charge is 2.24. The number of hydrogen-bond donors (Lipinski definition) is 1. The summed E-state index contributed by atoms with van der Waals surface area (Å²) in [6, 6.07) is 6.36. The minimum Gasteiger partial charge on any atom is -0.481 e. The second-order valence-electron chi connectivity index (χ2n) is 6.99. The maximum absolute atomic E-state index is 13.0. The number of piperidine rings is 1. The van der Waals surface area contributed by atoms with Gasteiger partial charge in [-0.25, -0.2) is 9.37 Å². The van der Waals surface area contributed by atoms with Crippen LogP contribution in [-0.2, 0) is 22.4 Å². The van der Waals surface area contributed by atoms with Gasteiger partial charge in [-0.15, -0.1) is 11.3 Å². The minimum absolute atomic E-state index is 0.0497. The zero-order chi connectivity index (χ0) is 19.2. The highest BCUT2D eigenvalue weighted by atomic mass is 32.1. The molecule has 1 aromatic carbocycles. The molecule has 3 rings (SSSR count). The Morgan fingerprint density at radius 1 is 1.30 bits per heavy atom. The van der Waals surface area contributed by atoms with E-state index in [1.165, 1.54) is 23.5 Å². The number of amides is 1. The number of hydrogen-bond acceptors (Lipinski definition) is 4. The summed E-state index contributed by atoms with van der Waals surface area (Å²) in [6.07, 6.45) is 3.58. The van der Waals surface area contributed by atoms with Crippen molar-refractivity contribution in [3.05, 3.63) is 51.7 Å². The minimum atomic E-state index is -0.783. The summed E-state index contributed by atoms with van der Waals surface area (Å²) >= 11 is 1.51. The van der Waals surface area contributed by atoms with Crippen LogP contribution in [0.3, 0.4) is 0 Å². The van der Waals surface area contributed by atoms with Crippen molar-refractivity contribution in [1.29, 1.82) is 0 Å². The molecule has 1 unspecified atom stereocenters. The molecule has 7 heteroatoms. The SMILES string of the molecule is O=C(O)CCC1CCCN(C(=O)Cc2csc(Cc3ccc(F)cc3)n2)C1. The van der Waals surface area contributed by atoms with Gasteiger partial charge in [0.2, 0.25) is 5.91 Å². The third-order valence-electron chi connectivity index (χ3n) is 4.84. The first kappa shape index (κ1) is 19.5. The summed E-state index contributed by atoms with van der Waals surface area (Å²) in [5.41, 5.74) is 1.75. The second-order valence-corrected chi connectivity index (χ2v) is 7.94. The van der Waals surface area contributed by atoms with E-state index in [0.29, 0.717) is 19.4 Å². The standard InChI is InChI=1S/C20H23FN2O3S/c21-16-6-3-14(4-7-16)10-18-22-17(13-27-18)11-19(24)23-9-1-2-15(12-23)5-8-20(25)26/h3-4,6-7,13,15H,1-2,5,8-12H2,(H,25,26). The Morgan fingerprint density at radius 2 is 2.07 bits per heavy atom. The van der Waals surface area contributed by atoms with Gasteiger partial charge in [0.1, 0.15) is 5.82 Å². The lowest BCUT2D eigenvalue weighted by molar-refractivity contribution is -0.137. The van der Waals surface area contributed by atoms with Crippen LogP contribution in [0.5, 0.6) is 0 Å². The van der Waals surface area contributed by atoms with Gasteiger partial charge in [-0.2, -0.15) is 0 Å². The van der Waals surface area contributed by atoms with Gasteiger partial charge in [-0.05, 0) is 42.9 Å². The van der Waals surface area contributed by atoms with Gasteiger partial charge in [-0.1, -0.05) is 12.1 Å². The first-order valence-electron chi connectivity index (χ1n) is 9.17. The molecule has 1 aliphatic heterocycles. The molecule has 0 spiro atoms. The summed E-state index contributed by atoms with van der Waals surface area (Å²) < 4.78 is 13.0. The van der Waals surface area contributed by atoms with E-state index < -0.39 is 5.97 Å². The van der Waals surface area contributed by atoms with Crippen LogP contribution >= 0.6 is 11.3 Å². The maximum atomic E-state index is 13.0. The number of halogens is 1. The first-order valence-corrected chi connectivity index (χ1v) is 10.0. The lowest BCUT2D eigenvalue weighted by atomic mass is 9.93. The molecule has 1 N–H and O–H groups in total. The molecule has 1 aliphatic rings. The van der Waals surface area contributed by atoms with Crippen LogP contribution in [0.15, 0.2) is 29.6 Å². The van der Waals surface area contributed by atoms with Crippen LogP contribution in [0.1, 0.15) is 41.9 Å². The fourth-order valence-electron chi connectivity index (χ4n) is 3.41. The number of carbonyl (C=O) groups is 2. The molecule has 1 amide bonds. The molecule has 5 nitrogen and oxygen atoms in total. The number of nitrogens with zero attached hydrogens (tertiary/aromatic N) is 2. The first-order chi connectivity index (χ1) is 13.0. The molecule has 1 aromatic heterocycles. The molecular formula is C20H23FN2O3S. The molecule has 2 heterocycles. The van der Waals surface area contributed by atoms with Crippen molar-refractivity contribution in [2.75, 3.05) is 13.1 Å². The number of thiazole rings is 1. The van der Waals surface area contributed by atoms with E-state index in [9.17, 15) is 14.0 Å². The third-order valence-corrected chi connectivity index (χ3v) is 5.74. The largest absolute Gasteiger partial charge is 0.481 e. The van der Waals surface area contributed by atoms with E-state index in [-0.39, 0.29) is 30.5 Å². The topological polar surface area (TPSA) is 70.5 Å². The van der Waals surface area contributed by atoms with Crippen molar-refractivity contribution in [2.24, 2.45) is 5.92 Å². The monoisotopic (exact) mass is 390 g/mol. The number of rotatable bonds is 7.